The van der Waals surface area contributed by atoms with E-state index in [0.717, 1.165) is 5.02 Å². The van der Waals surface area contributed by atoms with Crippen LogP contribution in [-0.2, 0) is 11.4 Å². The highest BCUT2D eigenvalue weighted by atomic mass is 35.5. The van der Waals surface area contributed by atoms with Gasteiger partial charge < -0.3 is 4.55 Å². The molecule has 1 aliphatic carbocycles. The molecule has 1 unspecified atom stereocenters. The number of hydrogen-bond donors (Lipinski definition) is 1. The Bertz CT molecular complexity index is 397. The largest absolute Gasteiger partial charge is 0.598 e. The first-order chi connectivity index (χ1) is 8.38. The first-order valence-electron chi connectivity index (χ1n) is 6.31. The fourth-order valence-electron chi connectivity index (χ4n) is 1.83. The van der Waals surface area contributed by atoms with Gasteiger partial charge in [0.2, 0.25) is 0 Å². The van der Waals surface area contributed by atoms with E-state index in [1.807, 2.05) is 45.0 Å². The van der Waals surface area contributed by atoms with Crippen molar-refractivity contribution in [3.63, 3.8) is 0 Å². The van der Waals surface area contributed by atoms with E-state index in [-0.39, 0.29) is 10.8 Å². The van der Waals surface area contributed by atoms with E-state index in [0.29, 0.717) is 5.92 Å². The molecule has 100 valence electrons. The van der Waals surface area contributed by atoms with Gasteiger partial charge in [-0.2, -0.15) is 0 Å². The van der Waals surface area contributed by atoms with Crippen molar-refractivity contribution in [3.05, 3.63) is 34.9 Å². The molecule has 0 aliphatic heterocycles. The van der Waals surface area contributed by atoms with Crippen molar-refractivity contribution in [1.82, 2.24) is 4.72 Å². The minimum absolute atomic E-state index is 0.183. The van der Waals surface area contributed by atoms with Gasteiger partial charge in [0, 0.05) is 16.4 Å². The molecule has 1 N–H and O–H groups in total. The third-order valence-electron chi connectivity index (χ3n) is 3.11. The maximum Gasteiger partial charge on any atom is 0.136 e. The fraction of sp³-hybridized carbons (Fsp3) is 0.571. The van der Waals surface area contributed by atoms with Crippen molar-refractivity contribution in [2.24, 2.45) is 5.92 Å². The summed E-state index contributed by atoms with van der Waals surface area (Å²) in [6, 6.07) is 8.03. The van der Waals surface area contributed by atoms with Gasteiger partial charge in [-0.25, -0.2) is 0 Å². The Morgan fingerprint density at radius 2 is 1.83 bits per heavy atom. The summed E-state index contributed by atoms with van der Waals surface area (Å²) in [5, 5.41) is 0.741. The standard InChI is InChI=1S/C14H20ClNOS/c1-14(2,3)18(17)16-13(10-4-5-10)11-6-8-12(15)9-7-11/h6-10,13,16H,4-5H2,1-3H3/t13-,18?/m0/s1. The Morgan fingerprint density at radius 1 is 1.28 bits per heavy atom. The lowest BCUT2D eigenvalue weighted by molar-refractivity contribution is 0.503. The first-order valence-corrected chi connectivity index (χ1v) is 7.84. The van der Waals surface area contributed by atoms with Crippen LogP contribution in [0, 0.1) is 5.92 Å². The molecule has 0 bridgehead atoms. The molecule has 1 aliphatic rings. The van der Waals surface area contributed by atoms with E-state index in [2.05, 4.69) is 4.72 Å². The molecule has 2 nitrogen and oxygen atoms in total. The predicted molar refractivity (Wildman–Crippen MR) is 77.9 cm³/mol. The average Bonchev–Trinajstić information content (AvgIpc) is 3.09. The highest BCUT2D eigenvalue weighted by Gasteiger charge is 2.38. The quantitative estimate of drug-likeness (QED) is 0.853. The maximum absolute atomic E-state index is 12.2. The zero-order chi connectivity index (χ0) is 13.3. The lowest BCUT2D eigenvalue weighted by Crippen LogP contribution is -2.41. The summed E-state index contributed by atoms with van der Waals surface area (Å²) < 4.78 is 15.3. The van der Waals surface area contributed by atoms with Crippen LogP contribution in [0.2, 0.25) is 5.02 Å². The minimum atomic E-state index is -1.04. The molecule has 0 amide bonds. The maximum atomic E-state index is 12.2. The van der Waals surface area contributed by atoms with Gasteiger partial charge in [-0.15, -0.1) is 4.72 Å². The third-order valence-corrected chi connectivity index (χ3v) is 4.95. The molecular formula is C14H20ClNOS. The van der Waals surface area contributed by atoms with Crippen molar-refractivity contribution in [3.8, 4) is 0 Å². The Balaban J connectivity index is 2.11. The predicted octanol–water partition coefficient (Wildman–Crippen LogP) is 3.84. The first kappa shape index (κ1) is 14.2. The van der Waals surface area contributed by atoms with Crippen molar-refractivity contribution in [2.45, 2.75) is 44.4 Å². The van der Waals surface area contributed by atoms with Gasteiger partial charge >= 0.3 is 0 Å². The van der Waals surface area contributed by atoms with Gasteiger partial charge in [0.15, 0.2) is 0 Å². The van der Waals surface area contributed by atoms with E-state index < -0.39 is 11.4 Å². The van der Waals surface area contributed by atoms with Gasteiger partial charge in [-0.05, 0) is 57.2 Å². The van der Waals surface area contributed by atoms with Crippen LogP contribution in [0.4, 0.5) is 0 Å². The SMILES string of the molecule is CC(C)(C)[S+]([O-])N[C@H](c1ccc(Cl)cc1)C1CC1. The molecule has 2 rings (SSSR count). The molecule has 0 spiro atoms. The van der Waals surface area contributed by atoms with Crippen molar-refractivity contribution in [2.75, 3.05) is 0 Å². The van der Waals surface area contributed by atoms with Crippen LogP contribution in [0.25, 0.3) is 0 Å². The van der Waals surface area contributed by atoms with Crippen LogP contribution in [-0.4, -0.2) is 9.30 Å². The van der Waals surface area contributed by atoms with Crippen molar-refractivity contribution < 1.29 is 4.55 Å². The van der Waals surface area contributed by atoms with Gasteiger partial charge in [-0.1, -0.05) is 23.7 Å². The van der Waals surface area contributed by atoms with Gasteiger partial charge in [0.25, 0.3) is 0 Å². The van der Waals surface area contributed by atoms with Crippen LogP contribution in [0.5, 0.6) is 0 Å². The van der Waals surface area contributed by atoms with Crippen LogP contribution >= 0.6 is 11.6 Å². The van der Waals surface area contributed by atoms with E-state index in [1.165, 1.54) is 18.4 Å². The molecule has 18 heavy (non-hydrogen) atoms. The molecule has 0 aromatic heterocycles. The molecule has 0 heterocycles. The Labute approximate surface area is 117 Å². The zero-order valence-corrected chi connectivity index (χ0v) is 12.6. The van der Waals surface area contributed by atoms with E-state index >= 15 is 0 Å². The molecule has 1 fully saturated rings. The number of hydrogen-bond acceptors (Lipinski definition) is 2. The van der Waals surface area contributed by atoms with Crippen LogP contribution in [0.3, 0.4) is 0 Å². The van der Waals surface area contributed by atoms with Crippen LogP contribution in [0.15, 0.2) is 24.3 Å². The van der Waals surface area contributed by atoms with Crippen molar-refractivity contribution in [1.29, 1.82) is 0 Å². The second-order valence-corrected chi connectivity index (χ2v) is 8.30. The topological polar surface area (TPSA) is 35.1 Å². The lowest BCUT2D eigenvalue weighted by Gasteiger charge is -2.28. The molecule has 2 atom stereocenters. The summed E-state index contributed by atoms with van der Waals surface area (Å²) in [5.41, 5.74) is 1.18. The lowest BCUT2D eigenvalue weighted by atomic mass is 10.0. The summed E-state index contributed by atoms with van der Waals surface area (Å²) in [5.74, 6) is 0.609. The Hall–Kier alpha value is -0.220. The highest BCUT2D eigenvalue weighted by molar-refractivity contribution is 7.90. The monoisotopic (exact) mass is 285 g/mol. The summed E-state index contributed by atoms with van der Waals surface area (Å²) in [6.07, 6.45) is 2.42. The summed E-state index contributed by atoms with van der Waals surface area (Å²) in [7, 11) is 0. The van der Waals surface area contributed by atoms with Crippen LogP contribution in [0.1, 0.15) is 45.2 Å². The van der Waals surface area contributed by atoms with E-state index in [9.17, 15) is 4.55 Å². The number of nitrogens with one attached hydrogen (secondary N) is 1. The highest BCUT2D eigenvalue weighted by Crippen LogP contribution is 2.42. The second kappa shape index (κ2) is 5.41. The molecule has 1 aromatic carbocycles. The van der Waals surface area contributed by atoms with E-state index in [4.69, 9.17) is 11.6 Å². The van der Waals surface area contributed by atoms with Gasteiger partial charge in [-0.3, -0.25) is 0 Å². The summed E-state index contributed by atoms with van der Waals surface area (Å²) in [4.78, 5) is 0. The van der Waals surface area contributed by atoms with Gasteiger partial charge in [0.05, 0.1) is 6.04 Å². The van der Waals surface area contributed by atoms with Gasteiger partial charge in [0.1, 0.15) is 4.75 Å². The molecule has 1 saturated carbocycles. The fourth-order valence-corrected chi connectivity index (χ4v) is 2.87. The second-order valence-electron chi connectivity index (χ2n) is 5.87. The number of benzene rings is 1. The molecular weight excluding hydrogens is 266 g/mol. The average molecular weight is 286 g/mol. The smallest absolute Gasteiger partial charge is 0.136 e. The van der Waals surface area contributed by atoms with E-state index in [1.54, 1.807) is 0 Å². The summed E-state index contributed by atoms with van der Waals surface area (Å²) >= 11 is 4.87. The molecule has 1 aromatic rings. The molecule has 4 heteroatoms. The number of rotatable bonds is 4. The Morgan fingerprint density at radius 3 is 2.28 bits per heavy atom. The normalized spacial score (nSPS) is 19.6. The molecule has 0 radical (unpaired) electrons. The van der Waals surface area contributed by atoms with Crippen molar-refractivity contribution >= 4 is 23.0 Å². The minimum Gasteiger partial charge on any atom is -0.598 e. The third kappa shape index (κ3) is 3.64. The zero-order valence-electron chi connectivity index (χ0n) is 11.1. The Kier molecular flexibility index (Phi) is 4.27. The summed E-state index contributed by atoms with van der Waals surface area (Å²) in [6.45, 7) is 5.96. The number of halogens is 1. The van der Waals surface area contributed by atoms with Crippen LogP contribution < -0.4 is 4.72 Å². The molecule has 0 saturated heterocycles.